The van der Waals surface area contributed by atoms with Crippen LogP contribution in [0.3, 0.4) is 0 Å². The largest absolute Gasteiger partial charge is 0.460 e. The van der Waals surface area contributed by atoms with E-state index >= 15 is 0 Å². The molecule has 0 aliphatic rings. The van der Waals surface area contributed by atoms with Crippen molar-refractivity contribution in [3.05, 3.63) is 0 Å². The summed E-state index contributed by atoms with van der Waals surface area (Å²) in [6, 6.07) is 0. The van der Waals surface area contributed by atoms with Crippen molar-refractivity contribution in [3.63, 3.8) is 0 Å². The topological polar surface area (TPSA) is 92.4 Å². The molecule has 2 amide bonds. The zero-order chi connectivity index (χ0) is 22.1. The van der Waals surface area contributed by atoms with Gasteiger partial charge >= 0.3 is 29.9 Å². The van der Waals surface area contributed by atoms with E-state index in [2.05, 4.69) is 5.73 Å². The van der Waals surface area contributed by atoms with Crippen molar-refractivity contribution in [3.8, 4) is 0 Å². The Morgan fingerprint density at radius 3 is 1.67 bits per heavy atom. The first-order chi connectivity index (χ1) is 11.7. The number of nitrogens with one attached hydrogen (secondary N) is 1. The quantitative estimate of drug-likeness (QED) is 0.387. The van der Waals surface area contributed by atoms with Crippen LogP contribution in [0.1, 0.15) is 12.8 Å². The zero-order valence-electron chi connectivity index (χ0n) is 12.7. The number of hydrogen-bond acceptors (Lipinski definition) is 3. The molecule has 0 saturated heterocycles. The van der Waals surface area contributed by atoms with E-state index in [4.69, 9.17) is 5.11 Å². The number of hydrogen-bond donors (Lipinski definition) is 3. The molecule has 27 heavy (non-hydrogen) atoms. The molecule has 1 atom stereocenters. The van der Waals surface area contributed by atoms with Gasteiger partial charge in [0.05, 0.1) is 6.10 Å². The van der Waals surface area contributed by atoms with E-state index in [1.165, 1.54) is 5.32 Å². The highest BCUT2D eigenvalue weighted by Crippen LogP contribution is 2.58. The van der Waals surface area contributed by atoms with Gasteiger partial charge in [-0.1, -0.05) is 0 Å². The van der Waals surface area contributed by atoms with Crippen molar-refractivity contribution in [1.82, 2.24) is 5.32 Å². The summed E-state index contributed by atoms with van der Waals surface area (Å²) in [5.41, 5.74) is 4.55. The van der Waals surface area contributed by atoms with Gasteiger partial charge in [-0.05, 0) is 0 Å². The van der Waals surface area contributed by atoms with Crippen molar-refractivity contribution in [2.24, 2.45) is 5.73 Å². The maximum Gasteiger partial charge on any atom is 0.460 e. The average molecular weight is 428 g/mol. The molecular formula is C11H11F11N2O3. The Labute approximate surface area is 142 Å². The molecule has 4 N–H and O–H groups in total. The van der Waals surface area contributed by atoms with Gasteiger partial charge in [0.25, 0.3) is 0 Å². The fraction of sp³-hybridized carbons (Fsp3) is 0.818. The highest BCUT2D eigenvalue weighted by Gasteiger charge is 2.87. The standard InChI is InChI=1S/C11H11F11N2O3/c12-7(13,2-4(25)3-24-6(27)1-5(23)26)8(14,15)9(16,17)10(18,19)11(20,21)22/h4,25H,1-3H2,(H2,23,26)(H,24,27). The van der Waals surface area contributed by atoms with Crippen LogP contribution < -0.4 is 11.1 Å². The Bertz CT molecular complexity index is 562. The molecule has 1 unspecified atom stereocenters. The van der Waals surface area contributed by atoms with Crippen molar-refractivity contribution in [1.29, 1.82) is 0 Å². The molecule has 0 aromatic heterocycles. The number of aliphatic hydroxyl groups excluding tert-OH is 1. The molecule has 0 aliphatic carbocycles. The van der Waals surface area contributed by atoms with Crippen LogP contribution in [0.2, 0.25) is 0 Å². The Morgan fingerprint density at radius 1 is 0.852 bits per heavy atom. The van der Waals surface area contributed by atoms with Crippen molar-refractivity contribution in [2.45, 2.75) is 48.8 Å². The number of alkyl halides is 11. The number of rotatable bonds is 9. The zero-order valence-corrected chi connectivity index (χ0v) is 12.7. The van der Waals surface area contributed by atoms with Gasteiger partial charge in [-0.15, -0.1) is 0 Å². The molecule has 0 radical (unpaired) electrons. The van der Waals surface area contributed by atoms with Gasteiger partial charge in [-0.2, -0.15) is 48.3 Å². The second-order valence-electron chi connectivity index (χ2n) is 5.23. The van der Waals surface area contributed by atoms with Crippen LogP contribution in [0, 0.1) is 0 Å². The van der Waals surface area contributed by atoms with Crippen LogP contribution in [0.5, 0.6) is 0 Å². The molecule has 0 heterocycles. The SMILES string of the molecule is NC(=O)CC(=O)NCC(O)CC(F)(F)C(F)(F)C(F)(F)C(F)(F)C(F)(F)F. The number of aliphatic hydroxyl groups is 1. The van der Waals surface area contributed by atoms with E-state index in [-0.39, 0.29) is 0 Å². The third-order valence-electron chi connectivity index (χ3n) is 2.97. The van der Waals surface area contributed by atoms with Crippen LogP contribution in [-0.4, -0.2) is 59.4 Å². The first kappa shape index (κ1) is 25.1. The Balaban J connectivity index is 5.37. The summed E-state index contributed by atoms with van der Waals surface area (Å²) >= 11 is 0. The molecule has 0 rings (SSSR count). The van der Waals surface area contributed by atoms with Crippen LogP contribution in [0.25, 0.3) is 0 Å². The van der Waals surface area contributed by atoms with E-state index < -0.39 is 67.2 Å². The summed E-state index contributed by atoms with van der Waals surface area (Å²) < 4.78 is 140. The minimum Gasteiger partial charge on any atom is -0.391 e. The second kappa shape index (κ2) is 7.63. The van der Waals surface area contributed by atoms with Crippen molar-refractivity contribution in [2.75, 3.05) is 6.54 Å². The predicted molar refractivity (Wildman–Crippen MR) is 63.3 cm³/mol. The Kier molecular flexibility index (Phi) is 7.10. The first-order valence-corrected chi connectivity index (χ1v) is 6.51. The summed E-state index contributed by atoms with van der Waals surface area (Å²) in [5.74, 6) is -31.1. The van der Waals surface area contributed by atoms with Crippen LogP contribution >= 0.6 is 0 Å². The molecule has 0 spiro atoms. The normalized spacial score (nSPS) is 15.4. The lowest BCUT2D eigenvalue weighted by Crippen LogP contribution is -2.66. The highest BCUT2D eigenvalue weighted by molar-refractivity contribution is 5.95. The smallest absolute Gasteiger partial charge is 0.391 e. The van der Waals surface area contributed by atoms with Gasteiger partial charge in [-0.3, -0.25) is 9.59 Å². The van der Waals surface area contributed by atoms with Crippen LogP contribution in [0.15, 0.2) is 0 Å². The third-order valence-corrected chi connectivity index (χ3v) is 2.97. The average Bonchev–Trinajstić information content (AvgIpc) is 2.42. The maximum atomic E-state index is 13.3. The Morgan fingerprint density at radius 2 is 1.30 bits per heavy atom. The summed E-state index contributed by atoms with van der Waals surface area (Å²) in [6.45, 7) is -1.35. The maximum absolute atomic E-state index is 13.3. The van der Waals surface area contributed by atoms with Crippen LogP contribution in [-0.2, 0) is 9.59 Å². The summed E-state index contributed by atoms with van der Waals surface area (Å²) in [5, 5.41) is 10.6. The monoisotopic (exact) mass is 428 g/mol. The van der Waals surface area contributed by atoms with Gasteiger partial charge in [0.15, 0.2) is 0 Å². The molecule has 160 valence electrons. The van der Waals surface area contributed by atoms with E-state index in [0.717, 1.165) is 0 Å². The second-order valence-corrected chi connectivity index (χ2v) is 5.23. The number of amides is 2. The summed E-state index contributed by atoms with van der Waals surface area (Å²) in [4.78, 5) is 21.3. The lowest BCUT2D eigenvalue weighted by atomic mass is 9.94. The molecule has 0 saturated carbocycles. The first-order valence-electron chi connectivity index (χ1n) is 6.51. The van der Waals surface area contributed by atoms with E-state index in [9.17, 15) is 57.9 Å². The third kappa shape index (κ3) is 5.10. The lowest BCUT2D eigenvalue weighted by molar-refractivity contribution is -0.423. The molecule has 0 aromatic carbocycles. The minimum absolute atomic E-state index is 1.03. The van der Waals surface area contributed by atoms with Gasteiger partial charge in [0, 0.05) is 13.0 Å². The van der Waals surface area contributed by atoms with E-state index in [1.807, 2.05) is 0 Å². The van der Waals surface area contributed by atoms with Gasteiger partial charge < -0.3 is 16.2 Å². The molecule has 0 bridgehead atoms. The molecule has 5 nitrogen and oxygen atoms in total. The molecule has 0 fully saturated rings. The summed E-state index contributed by atoms with van der Waals surface area (Å²) in [7, 11) is 0. The predicted octanol–water partition coefficient (Wildman–Crippen LogP) is 1.83. The molecule has 0 aliphatic heterocycles. The number of nitrogens with two attached hydrogens (primary N) is 1. The Hall–Kier alpha value is -1.87. The fourth-order valence-corrected chi connectivity index (χ4v) is 1.55. The lowest BCUT2D eigenvalue weighted by Gasteiger charge is -2.37. The summed E-state index contributed by atoms with van der Waals surface area (Å²) in [6.07, 6.45) is -13.8. The van der Waals surface area contributed by atoms with Crippen LogP contribution in [0.4, 0.5) is 48.3 Å². The van der Waals surface area contributed by atoms with Crippen molar-refractivity contribution < 1.29 is 63.0 Å². The molecule has 0 aromatic rings. The van der Waals surface area contributed by atoms with Gasteiger partial charge in [0.2, 0.25) is 11.8 Å². The van der Waals surface area contributed by atoms with Gasteiger partial charge in [0.1, 0.15) is 6.42 Å². The van der Waals surface area contributed by atoms with E-state index in [1.54, 1.807) is 0 Å². The van der Waals surface area contributed by atoms with E-state index in [0.29, 0.717) is 0 Å². The fourth-order valence-electron chi connectivity index (χ4n) is 1.55. The number of carbonyl (C=O) groups is 2. The number of carbonyl (C=O) groups excluding carboxylic acids is 2. The van der Waals surface area contributed by atoms with Gasteiger partial charge in [-0.25, -0.2) is 0 Å². The minimum atomic E-state index is -7.57. The van der Waals surface area contributed by atoms with Crippen molar-refractivity contribution >= 4 is 11.8 Å². The highest BCUT2D eigenvalue weighted by atomic mass is 19.4. The molecular weight excluding hydrogens is 417 g/mol. The molecule has 16 heteroatoms. The number of halogens is 11. The number of primary amides is 1.